The van der Waals surface area contributed by atoms with E-state index in [2.05, 4.69) is 44.3 Å². The summed E-state index contributed by atoms with van der Waals surface area (Å²) in [6.07, 6.45) is 2.29. The number of ether oxygens (including phenoxy) is 1. The molecule has 2 nitrogen and oxygen atoms in total. The molecule has 0 spiro atoms. The summed E-state index contributed by atoms with van der Waals surface area (Å²) in [7, 11) is 0. The first-order valence-corrected chi connectivity index (χ1v) is 6.65. The Morgan fingerprint density at radius 3 is 2.71 bits per heavy atom. The number of benzene rings is 1. The molecule has 17 heavy (non-hydrogen) atoms. The van der Waals surface area contributed by atoms with E-state index in [1.807, 2.05) is 6.07 Å². The first-order chi connectivity index (χ1) is 8.24. The van der Waals surface area contributed by atoms with E-state index in [-0.39, 0.29) is 0 Å². The molecule has 0 amide bonds. The van der Waals surface area contributed by atoms with Crippen LogP contribution >= 0.6 is 0 Å². The van der Waals surface area contributed by atoms with E-state index >= 15 is 0 Å². The summed E-state index contributed by atoms with van der Waals surface area (Å²) in [5.74, 6) is 1.71. The van der Waals surface area contributed by atoms with Crippen LogP contribution in [-0.2, 0) is 6.54 Å². The second kappa shape index (κ2) is 8.13. The van der Waals surface area contributed by atoms with Crippen LogP contribution in [0, 0.1) is 5.92 Å². The zero-order valence-corrected chi connectivity index (χ0v) is 11.3. The molecule has 0 aromatic heterocycles. The molecule has 0 aliphatic carbocycles. The molecule has 0 fully saturated rings. The van der Waals surface area contributed by atoms with E-state index in [0.29, 0.717) is 5.92 Å². The van der Waals surface area contributed by atoms with Gasteiger partial charge in [0.25, 0.3) is 0 Å². The first-order valence-electron chi connectivity index (χ1n) is 6.65. The molecule has 0 saturated heterocycles. The van der Waals surface area contributed by atoms with Crippen LogP contribution in [0.1, 0.15) is 39.2 Å². The lowest BCUT2D eigenvalue weighted by molar-refractivity contribution is 0.305. The van der Waals surface area contributed by atoms with Crippen molar-refractivity contribution in [3.8, 4) is 5.75 Å². The predicted molar refractivity (Wildman–Crippen MR) is 73.4 cm³/mol. The third-order valence-electron chi connectivity index (χ3n) is 2.60. The third kappa shape index (κ3) is 5.73. The van der Waals surface area contributed by atoms with Gasteiger partial charge in [0.2, 0.25) is 0 Å². The Labute approximate surface area is 105 Å². The largest absolute Gasteiger partial charge is 0.493 e. The molecule has 0 unspecified atom stereocenters. The highest BCUT2D eigenvalue weighted by Gasteiger charge is 2.02. The van der Waals surface area contributed by atoms with Gasteiger partial charge in [-0.3, -0.25) is 0 Å². The van der Waals surface area contributed by atoms with Crippen LogP contribution in [0.25, 0.3) is 0 Å². The molecule has 0 aliphatic rings. The van der Waals surface area contributed by atoms with Gasteiger partial charge in [0.1, 0.15) is 5.75 Å². The lowest BCUT2D eigenvalue weighted by Crippen LogP contribution is -2.19. The van der Waals surface area contributed by atoms with E-state index in [4.69, 9.17) is 4.74 Å². The molecular formula is C15H25NO. The molecule has 0 radical (unpaired) electrons. The maximum Gasteiger partial charge on any atom is 0.123 e. The van der Waals surface area contributed by atoms with Crippen LogP contribution < -0.4 is 10.1 Å². The maximum atomic E-state index is 5.80. The van der Waals surface area contributed by atoms with Crippen molar-refractivity contribution < 1.29 is 4.74 Å². The smallest absolute Gasteiger partial charge is 0.123 e. The molecule has 96 valence electrons. The molecule has 1 rings (SSSR count). The number of rotatable bonds is 8. The molecule has 0 aliphatic heterocycles. The molecule has 2 heteroatoms. The van der Waals surface area contributed by atoms with E-state index < -0.39 is 0 Å². The first kappa shape index (κ1) is 14.0. The number of unbranched alkanes of at least 4 members (excludes halogenated alkanes) is 1. The lowest BCUT2D eigenvalue weighted by atomic mass is 10.2. The summed E-state index contributed by atoms with van der Waals surface area (Å²) in [5.41, 5.74) is 1.25. The Hall–Kier alpha value is -1.02. The van der Waals surface area contributed by atoms with Crippen molar-refractivity contribution >= 4 is 0 Å². The highest BCUT2D eigenvalue weighted by molar-refractivity contribution is 5.33. The van der Waals surface area contributed by atoms with E-state index in [1.54, 1.807) is 0 Å². The fourth-order valence-electron chi connectivity index (χ4n) is 1.61. The van der Waals surface area contributed by atoms with Crippen molar-refractivity contribution in [3.05, 3.63) is 29.8 Å². The van der Waals surface area contributed by atoms with Crippen molar-refractivity contribution in [2.45, 2.75) is 40.2 Å². The number of nitrogens with one attached hydrogen (secondary N) is 1. The fourth-order valence-corrected chi connectivity index (χ4v) is 1.61. The number of para-hydroxylation sites is 1. The fraction of sp³-hybridized carbons (Fsp3) is 0.600. The van der Waals surface area contributed by atoms with E-state index in [1.165, 1.54) is 12.0 Å². The summed E-state index contributed by atoms with van der Waals surface area (Å²) in [6.45, 7) is 9.37. The SMILES string of the molecule is CCCCOc1ccccc1CNCC(C)C. The minimum Gasteiger partial charge on any atom is -0.493 e. The van der Waals surface area contributed by atoms with Crippen molar-refractivity contribution in [3.63, 3.8) is 0 Å². The molecule has 1 N–H and O–H groups in total. The highest BCUT2D eigenvalue weighted by Crippen LogP contribution is 2.18. The minimum absolute atomic E-state index is 0.683. The minimum atomic E-state index is 0.683. The Bertz CT molecular complexity index is 310. The Kier molecular flexibility index (Phi) is 6.71. The van der Waals surface area contributed by atoms with Crippen LogP contribution in [0.5, 0.6) is 5.75 Å². The van der Waals surface area contributed by atoms with Gasteiger partial charge in [0.05, 0.1) is 6.61 Å². The van der Waals surface area contributed by atoms with Gasteiger partial charge in [-0.25, -0.2) is 0 Å². The number of hydrogen-bond acceptors (Lipinski definition) is 2. The van der Waals surface area contributed by atoms with Gasteiger partial charge in [0.15, 0.2) is 0 Å². The van der Waals surface area contributed by atoms with Gasteiger partial charge in [-0.2, -0.15) is 0 Å². The zero-order chi connectivity index (χ0) is 12.5. The monoisotopic (exact) mass is 235 g/mol. The van der Waals surface area contributed by atoms with Crippen molar-refractivity contribution in [1.82, 2.24) is 5.32 Å². The molecule has 0 bridgehead atoms. The topological polar surface area (TPSA) is 21.3 Å². The Morgan fingerprint density at radius 2 is 2.00 bits per heavy atom. The van der Waals surface area contributed by atoms with E-state index in [9.17, 15) is 0 Å². The van der Waals surface area contributed by atoms with Crippen molar-refractivity contribution in [2.24, 2.45) is 5.92 Å². The third-order valence-corrected chi connectivity index (χ3v) is 2.60. The molecule has 1 aromatic carbocycles. The van der Waals surface area contributed by atoms with Crippen LogP contribution in [0.4, 0.5) is 0 Å². The summed E-state index contributed by atoms with van der Waals surface area (Å²) in [5, 5.41) is 3.45. The summed E-state index contributed by atoms with van der Waals surface area (Å²) < 4.78 is 5.80. The van der Waals surface area contributed by atoms with Gasteiger partial charge in [-0.05, 0) is 24.9 Å². The number of hydrogen-bond donors (Lipinski definition) is 1. The molecule has 0 heterocycles. The summed E-state index contributed by atoms with van der Waals surface area (Å²) in [6, 6.07) is 8.29. The van der Waals surface area contributed by atoms with Gasteiger partial charge < -0.3 is 10.1 Å². The second-order valence-electron chi connectivity index (χ2n) is 4.83. The average Bonchev–Trinajstić information content (AvgIpc) is 2.31. The molecular weight excluding hydrogens is 210 g/mol. The maximum absolute atomic E-state index is 5.80. The highest BCUT2D eigenvalue weighted by atomic mass is 16.5. The molecule has 0 atom stereocenters. The van der Waals surface area contributed by atoms with Gasteiger partial charge in [-0.1, -0.05) is 45.4 Å². The van der Waals surface area contributed by atoms with Crippen LogP contribution in [0.15, 0.2) is 24.3 Å². The van der Waals surface area contributed by atoms with E-state index in [0.717, 1.165) is 31.9 Å². The summed E-state index contributed by atoms with van der Waals surface area (Å²) in [4.78, 5) is 0. The normalized spacial score (nSPS) is 10.8. The quantitative estimate of drug-likeness (QED) is 0.695. The standard InChI is InChI=1S/C15H25NO/c1-4-5-10-17-15-9-7-6-8-14(15)12-16-11-13(2)3/h6-9,13,16H,4-5,10-12H2,1-3H3. The van der Waals surface area contributed by atoms with Gasteiger partial charge >= 0.3 is 0 Å². The van der Waals surface area contributed by atoms with Gasteiger partial charge in [-0.15, -0.1) is 0 Å². The molecule has 1 aromatic rings. The van der Waals surface area contributed by atoms with Crippen molar-refractivity contribution in [2.75, 3.05) is 13.2 Å². The van der Waals surface area contributed by atoms with Crippen LogP contribution in [-0.4, -0.2) is 13.2 Å². The van der Waals surface area contributed by atoms with Gasteiger partial charge in [0, 0.05) is 12.1 Å². The van der Waals surface area contributed by atoms with Crippen molar-refractivity contribution in [1.29, 1.82) is 0 Å². The summed E-state index contributed by atoms with van der Waals surface area (Å²) >= 11 is 0. The molecule has 0 saturated carbocycles. The second-order valence-corrected chi connectivity index (χ2v) is 4.83. The Balaban J connectivity index is 2.46. The van der Waals surface area contributed by atoms with Crippen LogP contribution in [0.2, 0.25) is 0 Å². The zero-order valence-electron chi connectivity index (χ0n) is 11.3. The lowest BCUT2D eigenvalue weighted by Gasteiger charge is -2.12. The average molecular weight is 235 g/mol. The Morgan fingerprint density at radius 1 is 1.24 bits per heavy atom. The predicted octanol–water partition coefficient (Wildman–Crippen LogP) is 3.61. The van der Waals surface area contributed by atoms with Crippen LogP contribution in [0.3, 0.4) is 0 Å².